The molecule has 188 valence electrons. The summed E-state index contributed by atoms with van der Waals surface area (Å²) in [6, 6.07) is 21.9. The minimum Gasteiger partial charge on any atom is -0.508 e. The van der Waals surface area contributed by atoms with Gasteiger partial charge < -0.3 is 9.84 Å². The highest BCUT2D eigenvalue weighted by Gasteiger charge is 2.55. The van der Waals surface area contributed by atoms with Gasteiger partial charge in [0.2, 0.25) is 10.0 Å². The Morgan fingerprint density at radius 1 is 0.917 bits per heavy atom. The number of hydrogen-bond acceptors (Lipinski definition) is 4. The van der Waals surface area contributed by atoms with E-state index in [-0.39, 0.29) is 16.4 Å². The van der Waals surface area contributed by atoms with Crippen molar-refractivity contribution in [3.8, 4) is 17.2 Å². The van der Waals surface area contributed by atoms with Gasteiger partial charge in [-0.05, 0) is 121 Å². The van der Waals surface area contributed by atoms with Crippen molar-refractivity contribution >= 4 is 10.0 Å². The van der Waals surface area contributed by atoms with E-state index in [2.05, 4.69) is 17.7 Å². The highest BCUT2D eigenvalue weighted by Crippen LogP contribution is 2.61. The van der Waals surface area contributed by atoms with Crippen LogP contribution in [0.2, 0.25) is 0 Å². The van der Waals surface area contributed by atoms with Gasteiger partial charge in [0.05, 0.1) is 4.90 Å². The van der Waals surface area contributed by atoms with Gasteiger partial charge in [0, 0.05) is 6.04 Å². The fraction of sp³-hybridized carbons (Fsp3) is 0.400. The highest BCUT2D eigenvalue weighted by molar-refractivity contribution is 7.89. The first kappa shape index (κ1) is 23.6. The number of aryl methyl sites for hydroxylation is 1. The number of fused-ring (bicyclic) bond motifs is 5. The minimum absolute atomic E-state index is 0.0426. The zero-order valence-electron chi connectivity index (χ0n) is 20.6. The van der Waals surface area contributed by atoms with Gasteiger partial charge in [-0.1, -0.05) is 31.2 Å². The summed E-state index contributed by atoms with van der Waals surface area (Å²) in [5.41, 5.74) is 2.64. The van der Waals surface area contributed by atoms with Gasteiger partial charge in [0.25, 0.3) is 0 Å². The Kier molecular flexibility index (Phi) is 5.84. The van der Waals surface area contributed by atoms with Crippen LogP contribution in [-0.2, 0) is 16.4 Å². The number of ether oxygens (including phenoxy) is 1. The third kappa shape index (κ3) is 4.10. The standard InChI is InChI=1S/C30H33NO4S/c1-30-18-17-26-25-14-8-21(32)19-20(25)7-13-27(26)28(30)15-16-29(30)31-36(33,34)24-11-9-23(10-12-24)35-22-5-3-2-4-6-22/h2-6,8-12,14,19,26-29,31-32H,7,13,15-18H2,1H3/t26-,27-,28+,29+,30+/m1/s1. The lowest BCUT2D eigenvalue weighted by Crippen LogP contribution is -2.50. The van der Waals surface area contributed by atoms with Crippen molar-refractivity contribution in [1.82, 2.24) is 4.72 Å². The second kappa shape index (κ2) is 8.93. The van der Waals surface area contributed by atoms with E-state index in [1.165, 1.54) is 11.1 Å². The SMILES string of the molecule is C[C@]12CC[C@@H]3c4ccc(O)cc4CC[C@H]3[C@@H]1CC[C@@H]2NS(=O)(=O)c1ccc(Oc2ccccc2)cc1. The first-order valence-electron chi connectivity index (χ1n) is 13.0. The molecule has 0 heterocycles. The molecule has 0 aromatic heterocycles. The summed E-state index contributed by atoms with van der Waals surface area (Å²) >= 11 is 0. The molecule has 2 fully saturated rings. The number of aromatic hydroxyl groups is 1. The Morgan fingerprint density at radius 2 is 1.67 bits per heavy atom. The van der Waals surface area contributed by atoms with Crippen LogP contribution >= 0.6 is 0 Å². The zero-order valence-corrected chi connectivity index (χ0v) is 21.4. The second-order valence-corrected chi connectivity index (χ2v) is 12.7. The summed E-state index contributed by atoms with van der Waals surface area (Å²) in [5, 5.41) is 9.92. The van der Waals surface area contributed by atoms with Gasteiger partial charge in [-0.15, -0.1) is 0 Å². The summed E-state index contributed by atoms with van der Waals surface area (Å²) in [6.07, 6.45) is 6.12. The quantitative estimate of drug-likeness (QED) is 0.423. The van der Waals surface area contributed by atoms with Crippen molar-refractivity contribution in [2.75, 3.05) is 0 Å². The molecule has 0 bridgehead atoms. The molecular formula is C30H33NO4S. The van der Waals surface area contributed by atoms with Crippen molar-refractivity contribution in [3.05, 3.63) is 83.9 Å². The maximum atomic E-state index is 13.4. The fourth-order valence-corrected chi connectivity index (χ4v) is 8.72. The second-order valence-electron chi connectivity index (χ2n) is 11.0. The monoisotopic (exact) mass is 503 g/mol. The average Bonchev–Trinajstić information content (AvgIpc) is 3.20. The molecule has 0 unspecified atom stereocenters. The molecular weight excluding hydrogens is 470 g/mol. The number of rotatable bonds is 5. The van der Waals surface area contributed by atoms with E-state index in [1.807, 2.05) is 42.5 Å². The summed E-state index contributed by atoms with van der Waals surface area (Å²) in [5.74, 6) is 3.27. The van der Waals surface area contributed by atoms with Crippen molar-refractivity contribution in [2.45, 2.75) is 62.3 Å². The van der Waals surface area contributed by atoms with Gasteiger partial charge >= 0.3 is 0 Å². The van der Waals surface area contributed by atoms with E-state index in [1.54, 1.807) is 24.3 Å². The molecule has 3 aromatic carbocycles. The lowest BCUT2D eigenvalue weighted by Gasteiger charge is -2.51. The number of phenols is 1. The molecule has 6 rings (SSSR count). The van der Waals surface area contributed by atoms with E-state index in [0.29, 0.717) is 35.0 Å². The largest absolute Gasteiger partial charge is 0.508 e. The van der Waals surface area contributed by atoms with Crippen LogP contribution in [0.4, 0.5) is 0 Å². The molecule has 0 aliphatic heterocycles. The number of benzene rings is 3. The van der Waals surface area contributed by atoms with Crippen LogP contribution in [0.5, 0.6) is 17.2 Å². The van der Waals surface area contributed by atoms with Crippen LogP contribution in [0, 0.1) is 17.3 Å². The Balaban J connectivity index is 1.17. The van der Waals surface area contributed by atoms with Crippen LogP contribution in [-0.4, -0.2) is 19.6 Å². The molecule has 3 aliphatic carbocycles. The molecule has 0 saturated heterocycles. The van der Waals surface area contributed by atoms with Gasteiger partial charge in [-0.3, -0.25) is 0 Å². The van der Waals surface area contributed by atoms with Crippen LogP contribution in [0.1, 0.15) is 56.1 Å². The Hall–Kier alpha value is -2.83. The van der Waals surface area contributed by atoms with E-state index in [4.69, 9.17) is 4.74 Å². The number of para-hydroxylation sites is 1. The van der Waals surface area contributed by atoms with Gasteiger partial charge in [-0.2, -0.15) is 0 Å². The van der Waals surface area contributed by atoms with E-state index >= 15 is 0 Å². The third-order valence-corrected chi connectivity index (χ3v) is 10.6. The van der Waals surface area contributed by atoms with Crippen LogP contribution < -0.4 is 9.46 Å². The van der Waals surface area contributed by atoms with Crippen LogP contribution in [0.15, 0.2) is 77.7 Å². The Labute approximate surface area is 213 Å². The number of nitrogens with one attached hydrogen (secondary N) is 1. The fourth-order valence-electron chi connectivity index (χ4n) is 7.33. The number of sulfonamides is 1. The summed E-state index contributed by atoms with van der Waals surface area (Å²) in [6.45, 7) is 2.30. The zero-order chi connectivity index (χ0) is 24.9. The minimum atomic E-state index is -3.64. The molecule has 0 spiro atoms. The first-order valence-corrected chi connectivity index (χ1v) is 14.5. The molecule has 6 heteroatoms. The molecule has 5 atom stereocenters. The Bertz CT molecular complexity index is 1360. The first-order chi connectivity index (χ1) is 17.3. The predicted molar refractivity (Wildman–Crippen MR) is 140 cm³/mol. The lowest BCUT2D eigenvalue weighted by molar-refractivity contribution is 0.0462. The van der Waals surface area contributed by atoms with Crippen molar-refractivity contribution < 1.29 is 18.3 Å². The van der Waals surface area contributed by atoms with Crippen molar-refractivity contribution in [3.63, 3.8) is 0 Å². The van der Waals surface area contributed by atoms with E-state index in [9.17, 15) is 13.5 Å². The molecule has 3 aromatic rings. The van der Waals surface area contributed by atoms with Crippen LogP contribution in [0.25, 0.3) is 0 Å². The van der Waals surface area contributed by atoms with Crippen molar-refractivity contribution in [2.24, 2.45) is 17.3 Å². The maximum absolute atomic E-state index is 13.4. The number of phenolic OH excluding ortho intramolecular Hbond substituents is 1. The molecule has 2 saturated carbocycles. The maximum Gasteiger partial charge on any atom is 0.240 e. The third-order valence-electron chi connectivity index (χ3n) is 9.12. The highest BCUT2D eigenvalue weighted by atomic mass is 32.2. The summed E-state index contributed by atoms with van der Waals surface area (Å²) in [4.78, 5) is 0.273. The summed E-state index contributed by atoms with van der Waals surface area (Å²) < 4.78 is 35.7. The topological polar surface area (TPSA) is 75.6 Å². The molecule has 36 heavy (non-hydrogen) atoms. The van der Waals surface area contributed by atoms with Gasteiger partial charge in [0.15, 0.2) is 0 Å². The molecule has 2 N–H and O–H groups in total. The molecule has 0 radical (unpaired) electrons. The predicted octanol–water partition coefficient (Wildman–Crippen LogP) is 6.39. The average molecular weight is 504 g/mol. The normalized spacial score (nSPS) is 29.1. The van der Waals surface area contributed by atoms with Gasteiger partial charge in [0.1, 0.15) is 17.2 Å². The van der Waals surface area contributed by atoms with Gasteiger partial charge in [-0.25, -0.2) is 13.1 Å². The summed E-state index contributed by atoms with van der Waals surface area (Å²) in [7, 11) is -3.64. The van der Waals surface area contributed by atoms with Crippen molar-refractivity contribution in [1.29, 1.82) is 0 Å². The van der Waals surface area contributed by atoms with E-state index < -0.39 is 10.0 Å². The van der Waals surface area contributed by atoms with E-state index in [0.717, 1.165) is 38.5 Å². The molecule has 0 amide bonds. The smallest absolute Gasteiger partial charge is 0.240 e. The number of hydrogen-bond donors (Lipinski definition) is 2. The Morgan fingerprint density at radius 3 is 2.44 bits per heavy atom. The molecule has 3 aliphatic rings. The lowest BCUT2D eigenvalue weighted by atomic mass is 9.55. The molecule has 5 nitrogen and oxygen atoms in total. The van der Waals surface area contributed by atoms with Crippen LogP contribution in [0.3, 0.4) is 0 Å².